The second kappa shape index (κ2) is 8.96. The van der Waals surface area contributed by atoms with Crippen molar-refractivity contribution in [1.29, 1.82) is 0 Å². The third-order valence-corrected chi connectivity index (χ3v) is 6.70. The fraction of sp³-hybridized carbons (Fsp3) is 0.296. The van der Waals surface area contributed by atoms with Crippen LogP contribution in [0.2, 0.25) is 0 Å². The number of piperidine rings is 1. The zero-order valence-electron chi connectivity index (χ0n) is 18.4. The minimum atomic E-state index is -0.896. The van der Waals surface area contributed by atoms with Crippen LogP contribution in [0.15, 0.2) is 66.9 Å². The number of fused-ring (bicyclic) bond motifs is 2. The maximum atomic E-state index is 13.2. The zero-order valence-corrected chi connectivity index (χ0v) is 18.4. The maximum Gasteiger partial charge on any atom is 0.226 e. The van der Waals surface area contributed by atoms with E-state index in [0.717, 1.165) is 48.3 Å². The minimum absolute atomic E-state index is 0.224. The first kappa shape index (κ1) is 21.6. The number of hydrogen-bond acceptors (Lipinski definition) is 5. The van der Waals surface area contributed by atoms with Gasteiger partial charge in [-0.05, 0) is 66.8 Å². The van der Waals surface area contributed by atoms with E-state index in [1.54, 1.807) is 30.5 Å². The summed E-state index contributed by atoms with van der Waals surface area (Å²) in [6, 6.07) is 15.4. The second-order valence-electron chi connectivity index (χ2n) is 8.79. The first-order valence-corrected chi connectivity index (χ1v) is 11.4. The number of benzene rings is 2. The third kappa shape index (κ3) is 4.49. The lowest BCUT2D eigenvalue weighted by atomic mass is 9.84. The van der Waals surface area contributed by atoms with Gasteiger partial charge in [0.1, 0.15) is 17.3 Å². The van der Waals surface area contributed by atoms with Crippen molar-refractivity contribution in [2.24, 2.45) is 0 Å². The quantitative estimate of drug-likeness (QED) is 0.588. The Morgan fingerprint density at radius 3 is 2.64 bits per heavy atom. The number of hydrogen-bond donors (Lipinski definition) is 2. The van der Waals surface area contributed by atoms with E-state index in [4.69, 9.17) is 4.74 Å². The molecule has 0 bridgehead atoms. The monoisotopic (exact) mass is 446 g/mol. The van der Waals surface area contributed by atoms with E-state index in [1.807, 2.05) is 18.2 Å². The van der Waals surface area contributed by atoms with Gasteiger partial charge in [-0.25, -0.2) is 9.37 Å². The number of pyridine rings is 1. The molecule has 5 rings (SSSR count). The molecule has 2 aliphatic rings. The van der Waals surface area contributed by atoms with Crippen LogP contribution in [0.4, 0.5) is 4.39 Å². The average Bonchev–Trinajstić information content (AvgIpc) is 2.98. The zero-order chi connectivity index (χ0) is 22.8. The molecule has 1 fully saturated rings. The number of phenolic OH excluding ortho intramolecular Hbond substituents is 1. The average molecular weight is 447 g/mol. The van der Waals surface area contributed by atoms with Gasteiger partial charge >= 0.3 is 0 Å². The van der Waals surface area contributed by atoms with Crippen molar-refractivity contribution in [3.8, 4) is 17.4 Å². The molecular formula is C27H27FN2O3. The number of phenols is 1. The molecule has 5 nitrogen and oxygen atoms in total. The molecule has 3 aromatic rings. The molecule has 1 aromatic heterocycles. The van der Waals surface area contributed by atoms with Crippen molar-refractivity contribution in [3.05, 3.63) is 89.4 Å². The van der Waals surface area contributed by atoms with E-state index in [9.17, 15) is 14.6 Å². The summed E-state index contributed by atoms with van der Waals surface area (Å²) in [5.41, 5.74) is 2.68. The van der Waals surface area contributed by atoms with Gasteiger partial charge in [-0.3, -0.25) is 0 Å². The summed E-state index contributed by atoms with van der Waals surface area (Å²) in [6.07, 6.45) is 6.56. The third-order valence-electron chi connectivity index (χ3n) is 6.70. The molecule has 2 N–H and O–H groups in total. The summed E-state index contributed by atoms with van der Waals surface area (Å²) in [5, 5.41) is 21.4. The van der Waals surface area contributed by atoms with Crippen LogP contribution in [0.5, 0.6) is 17.4 Å². The van der Waals surface area contributed by atoms with Gasteiger partial charge in [0.05, 0.1) is 5.60 Å². The number of ether oxygens (including phenoxy) is 1. The van der Waals surface area contributed by atoms with E-state index < -0.39 is 5.60 Å². The molecule has 0 amide bonds. The van der Waals surface area contributed by atoms with E-state index in [1.165, 1.54) is 12.1 Å². The summed E-state index contributed by atoms with van der Waals surface area (Å²) >= 11 is 0. The topological polar surface area (TPSA) is 65.8 Å². The highest BCUT2D eigenvalue weighted by Gasteiger charge is 2.33. The van der Waals surface area contributed by atoms with Gasteiger partial charge in [-0.1, -0.05) is 24.3 Å². The number of halogens is 1. The Balaban J connectivity index is 1.27. The molecule has 0 atom stereocenters. The lowest BCUT2D eigenvalue weighted by Gasteiger charge is -2.38. The Morgan fingerprint density at radius 2 is 1.85 bits per heavy atom. The van der Waals surface area contributed by atoms with E-state index in [0.29, 0.717) is 30.9 Å². The van der Waals surface area contributed by atoms with Crippen molar-refractivity contribution in [2.45, 2.75) is 31.3 Å². The van der Waals surface area contributed by atoms with Gasteiger partial charge < -0.3 is 19.8 Å². The van der Waals surface area contributed by atoms with Crippen molar-refractivity contribution in [3.63, 3.8) is 0 Å². The van der Waals surface area contributed by atoms with Gasteiger partial charge in [0.25, 0.3) is 0 Å². The van der Waals surface area contributed by atoms with Crippen LogP contribution < -0.4 is 4.74 Å². The van der Waals surface area contributed by atoms with Gasteiger partial charge in [-0.15, -0.1) is 0 Å². The van der Waals surface area contributed by atoms with E-state index >= 15 is 0 Å². The molecule has 33 heavy (non-hydrogen) atoms. The van der Waals surface area contributed by atoms with Crippen LogP contribution in [0.3, 0.4) is 0 Å². The Labute approximate surface area is 192 Å². The van der Waals surface area contributed by atoms with E-state index in [2.05, 4.69) is 16.0 Å². The van der Waals surface area contributed by atoms with Crippen LogP contribution in [-0.4, -0.2) is 39.7 Å². The van der Waals surface area contributed by atoms with Crippen LogP contribution in [0, 0.1) is 5.82 Å². The molecule has 6 heteroatoms. The van der Waals surface area contributed by atoms with Crippen LogP contribution in [-0.2, 0) is 12.0 Å². The molecule has 0 radical (unpaired) electrons. The number of aliphatic hydroxyl groups is 1. The number of likely N-dealkylation sites (tertiary alicyclic amines) is 1. The largest absolute Gasteiger partial charge is 0.508 e. The number of aromatic hydroxyl groups is 1. The lowest BCUT2D eigenvalue weighted by Crippen LogP contribution is -2.42. The molecule has 0 aliphatic carbocycles. The van der Waals surface area contributed by atoms with Crippen LogP contribution >= 0.6 is 0 Å². The molecule has 2 aromatic carbocycles. The highest BCUT2D eigenvalue weighted by atomic mass is 19.1. The van der Waals surface area contributed by atoms with Crippen molar-refractivity contribution in [2.75, 3.05) is 19.6 Å². The number of rotatable bonds is 4. The Kier molecular flexibility index (Phi) is 5.87. The maximum absolute atomic E-state index is 13.2. The van der Waals surface area contributed by atoms with Crippen LogP contribution in [0.1, 0.15) is 36.0 Å². The molecule has 0 saturated carbocycles. The van der Waals surface area contributed by atoms with E-state index in [-0.39, 0.29) is 11.6 Å². The lowest BCUT2D eigenvalue weighted by molar-refractivity contribution is -0.0254. The molecule has 1 saturated heterocycles. The molecule has 0 unspecified atom stereocenters. The minimum Gasteiger partial charge on any atom is -0.508 e. The summed E-state index contributed by atoms with van der Waals surface area (Å²) in [6.45, 7) is 2.43. The second-order valence-corrected chi connectivity index (χ2v) is 8.79. The fourth-order valence-corrected chi connectivity index (χ4v) is 4.73. The molecule has 0 spiro atoms. The van der Waals surface area contributed by atoms with Gasteiger partial charge in [0, 0.05) is 43.4 Å². The number of aromatic nitrogens is 1. The molecule has 170 valence electrons. The SMILES string of the molecule is Oc1cccc2c1CC(=CCCN1CCC(O)(c3ccc(F)cc3)CC1)c1cccnc1O2. The number of nitrogens with zero attached hydrogens (tertiary/aromatic N) is 2. The number of allylic oxidation sites excluding steroid dienone is 1. The van der Waals surface area contributed by atoms with Crippen LogP contribution in [0.25, 0.3) is 5.57 Å². The molecule has 2 aliphatic heterocycles. The normalized spacial score (nSPS) is 18.8. The standard InChI is InChI=1S/C27H27FN2O3/c28-21-10-8-20(9-11-21)27(32)12-16-30(17-13-27)15-3-4-19-18-23-24(31)6-1-7-25(23)33-26-22(19)5-2-14-29-26/h1-2,4-11,14,31-32H,3,12-13,15-18H2. The summed E-state index contributed by atoms with van der Waals surface area (Å²) in [5.74, 6) is 1.12. The summed E-state index contributed by atoms with van der Waals surface area (Å²) in [7, 11) is 0. The fourth-order valence-electron chi connectivity index (χ4n) is 4.73. The molecule has 3 heterocycles. The van der Waals surface area contributed by atoms with Gasteiger partial charge in [0.15, 0.2) is 0 Å². The van der Waals surface area contributed by atoms with Crippen molar-refractivity contribution >= 4 is 5.57 Å². The Morgan fingerprint density at radius 1 is 1.06 bits per heavy atom. The highest BCUT2D eigenvalue weighted by molar-refractivity contribution is 5.74. The first-order valence-electron chi connectivity index (χ1n) is 11.4. The Hall–Kier alpha value is -3.22. The smallest absolute Gasteiger partial charge is 0.226 e. The predicted octanol–water partition coefficient (Wildman–Crippen LogP) is 5.03. The first-order chi connectivity index (χ1) is 16.0. The van der Waals surface area contributed by atoms with Gasteiger partial charge in [-0.2, -0.15) is 0 Å². The summed E-state index contributed by atoms with van der Waals surface area (Å²) in [4.78, 5) is 6.74. The van der Waals surface area contributed by atoms with Crippen molar-refractivity contribution < 1.29 is 19.3 Å². The van der Waals surface area contributed by atoms with Gasteiger partial charge in [0.2, 0.25) is 5.88 Å². The summed E-state index contributed by atoms with van der Waals surface area (Å²) < 4.78 is 19.2. The Bertz CT molecular complexity index is 1170. The molecular weight excluding hydrogens is 419 g/mol. The van der Waals surface area contributed by atoms with Crippen molar-refractivity contribution in [1.82, 2.24) is 9.88 Å². The highest BCUT2D eigenvalue weighted by Crippen LogP contribution is 2.41. The predicted molar refractivity (Wildman–Crippen MR) is 125 cm³/mol.